The Bertz CT molecular complexity index is 194. The first-order valence-electron chi connectivity index (χ1n) is 7.81. The van der Waals surface area contributed by atoms with E-state index < -0.39 is 0 Å². The van der Waals surface area contributed by atoms with Gasteiger partial charge in [0.1, 0.15) is 0 Å². The molecule has 94 valence electrons. The van der Waals surface area contributed by atoms with Crippen LogP contribution >= 0.6 is 0 Å². The molecule has 0 bridgehead atoms. The minimum absolute atomic E-state index is 1.03. The van der Waals surface area contributed by atoms with Gasteiger partial charge in [-0.3, -0.25) is 0 Å². The molecule has 0 radical (unpaired) electrons. The molecule has 0 N–H and O–H groups in total. The second kappa shape index (κ2) is 6.07. The molecule has 0 amide bonds. The van der Waals surface area contributed by atoms with Gasteiger partial charge in [0, 0.05) is 0 Å². The van der Waals surface area contributed by atoms with Crippen molar-refractivity contribution < 1.29 is 0 Å². The largest absolute Gasteiger partial charge is 0.0654 e. The van der Waals surface area contributed by atoms with Gasteiger partial charge < -0.3 is 0 Å². The Morgan fingerprint density at radius 3 is 2.50 bits per heavy atom. The van der Waals surface area contributed by atoms with Crippen LogP contribution in [-0.2, 0) is 0 Å². The van der Waals surface area contributed by atoms with E-state index in [1.165, 1.54) is 44.9 Å². The Morgan fingerprint density at radius 1 is 0.938 bits per heavy atom. The van der Waals surface area contributed by atoms with Crippen LogP contribution in [0.1, 0.15) is 78.1 Å². The summed E-state index contributed by atoms with van der Waals surface area (Å²) < 4.78 is 0. The lowest BCUT2D eigenvalue weighted by Gasteiger charge is -2.40. The van der Waals surface area contributed by atoms with Gasteiger partial charge in [-0.15, -0.1) is 0 Å². The molecule has 4 unspecified atom stereocenters. The first kappa shape index (κ1) is 12.5. The SMILES string of the molecule is CCCC1CCCC(C2CCCCC2C)C1. The molecule has 0 saturated heterocycles. The van der Waals surface area contributed by atoms with E-state index in [4.69, 9.17) is 0 Å². The second-order valence-electron chi connectivity index (χ2n) is 6.51. The highest BCUT2D eigenvalue weighted by atomic mass is 14.4. The molecule has 0 aromatic heterocycles. The van der Waals surface area contributed by atoms with Crippen LogP contribution in [0.3, 0.4) is 0 Å². The molecular weight excluding hydrogens is 192 g/mol. The molecule has 2 saturated carbocycles. The van der Waals surface area contributed by atoms with Gasteiger partial charge in [-0.1, -0.05) is 65.2 Å². The maximum absolute atomic E-state index is 2.52. The first-order chi connectivity index (χ1) is 7.81. The van der Waals surface area contributed by atoms with Gasteiger partial charge in [0.2, 0.25) is 0 Å². The summed E-state index contributed by atoms with van der Waals surface area (Å²) in [6, 6.07) is 0. The molecule has 0 aromatic rings. The Labute approximate surface area is 102 Å². The summed E-state index contributed by atoms with van der Waals surface area (Å²) in [4.78, 5) is 0. The highest BCUT2D eigenvalue weighted by Crippen LogP contribution is 2.43. The Hall–Kier alpha value is 0. The second-order valence-corrected chi connectivity index (χ2v) is 6.51. The summed E-state index contributed by atoms with van der Waals surface area (Å²) in [7, 11) is 0. The topological polar surface area (TPSA) is 0 Å². The lowest BCUT2D eigenvalue weighted by atomic mass is 9.66. The highest BCUT2D eigenvalue weighted by molar-refractivity contribution is 4.83. The minimum Gasteiger partial charge on any atom is -0.0654 e. The van der Waals surface area contributed by atoms with E-state index in [0.717, 1.165) is 23.7 Å². The summed E-state index contributed by atoms with van der Waals surface area (Å²) in [5.74, 6) is 4.30. The lowest BCUT2D eigenvalue weighted by Crippen LogP contribution is -2.29. The van der Waals surface area contributed by atoms with Crippen LogP contribution in [0, 0.1) is 23.7 Å². The molecule has 2 aliphatic rings. The number of rotatable bonds is 3. The van der Waals surface area contributed by atoms with Crippen LogP contribution in [-0.4, -0.2) is 0 Å². The van der Waals surface area contributed by atoms with E-state index in [0.29, 0.717) is 0 Å². The van der Waals surface area contributed by atoms with Crippen LogP contribution in [0.4, 0.5) is 0 Å². The minimum atomic E-state index is 1.03. The fourth-order valence-electron chi connectivity index (χ4n) is 4.44. The third kappa shape index (κ3) is 3.02. The van der Waals surface area contributed by atoms with Crippen molar-refractivity contribution in [3.05, 3.63) is 0 Å². The van der Waals surface area contributed by atoms with E-state index in [9.17, 15) is 0 Å². The Balaban J connectivity index is 1.87. The van der Waals surface area contributed by atoms with Gasteiger partial charge in [0.15, 0.2) is 0 Å². The van der Waals surface area contributed by atoms with E-state index in [1.54, 1.807) is 19.3 Å². The molecule has 0 heterocycles. The van der Waals surface area contributed by atoms with Crippen molar-refractivity contribution in [3.63, 3.8) is 0 Å². The highest BCUT2D eigenvalue weighted by Gasteiger charge is 2.32. The zero-order valence-electron chi connectivity index (χ0n) is 11.4. The maximum atomic E-state index is 2.52. The molecule has 2 fully saturated rings. The molecular formula is C16H30. The Morgan fingerprint density at radius 2 is 1.75 bits per heavy atom. The molecule has 2 aliphatic carbocycles. The van der Waals surface area contributed by atoms with Gasteiger partial charge >= 0.3 is 0 Å². The smallest absolute Gasteiger partial charge is 0.0360 e. The zero-order chi connectivity index (χ0) is 11.4. The van der Waals surface area contributed by atoms with Crippen LogP contribution in [0.5, 0.6) is 0 Å². The predicted molar refractivity (Wildman–Crippen MR) is 71.5 cm³/mol. The van der Waals surface area contributed by atoms with E-state index in [1.807, 2.05) is 0 Å². The van der Waals surface area contributed by atoms with Crippen molar-refractivity contribution in [1.82, 2.24) is 0 Å². The maximum Gasteiger partial charge on any atom is -0.0360 e. The summed E-state index contributed by atoms with van der Waals surface area (Å²) >= 11 is 0. The zero-order valence-corrected chi connectivity index (χ0v) is 11.4. The molecule has 0 aliphatic heterocycles. The number of hydrogen-bond acceptors (Lipinski definition) is 0. The monoisotopic (exact) mass is 222 g/mol. The molecule has 0 nitrogen and oxygen atoms in total. The normalized spacial score (nSPS) is 40.9. The summed E-state index contributed by atoms with van der Waals surface area (Å²) in [5.41, 5.74) is 0. The van der Waals surface area contributed by atoms with Crippen molar-refractivity contribution in [2.45, 2.75) is 78.1 Å². The lowest BCUT2D eigenvalue weighted by molar-refractivity contribution is 0.112. The summed E-state index contributed by atoms with van der Waals surface area (Å²) in [5, 5.41) is 0. The van der Waals surface area contributed by atoms with Crippen LogP contribution in [0.25, 0.3) is 0 Å². The Kier molecular flexibility index (Phi) is 4.73. The van der Waals surface area contributed by atoms with E-state index in [-0.39, 0.29) is 0 Å². The van der Waals surface area contributed by atoms with Gasteiger partial charge in [-0.2, -0.15) is 0 Å². The molecule has 4 atom stereocenters. The van der Waals surface area contributed by atoms with Crippen molar-refractivity contribution in [3.8, 4) is 0 Å². The molecule has 2 rings (SSSR count). The van der Waals surface area contributed by atoms with Gasteiger partial charge in [-0.05, 0) is 36.5 Å². The third-order valence-corrected chi connectivity index (χ3v) is 5.30. The molecule has 0 aromatic carbocycles. The average Bonchev–Trinajstić information content (AvgIpc) is 2.30. The van der Waals surface area contributed by atoms with Gasteiger partial charge in [-0.25, -0.2) is 0 Å². The van der Waals surface area contributed by atoms with E-state index in [2.05, 4.69) is 13.8 Å². The van der Waals surface area contributed by atoms with E-state index >= 15 is 0 Å². The first-order valence-corrected chi connectivity index (χ1v) is 7.81. The molecule has 0 heteroatoms. The van der Waals surface area contributed by atoms with Crippen molar-refractivity contribution in [2.75, 3.05) is 0 Å². The molecule has 16 heavy (non-hydrogen) atoms. The van der Waals surface area contributed by atoms with Crippen LogP contribution in [0.15, 0.2) is 0 Å². The van der Waals surface area contributed by atoms with Crippen LogP contribution in [0.2, 0.25) is 0 Å². The quantitative estimate of drug-likeness (QED) is 0.598. The van der Waals surface area contributed by atoms with Crippen molar-refractivity contribution >= 4 is 0 Å². The number of hydrogen-bond donors (Lipinski definition) is 0. The fourth-order valence-corrected chi connectivity index (χ4v) is 4.44. The standard InChI is InChI=1S/C16H30/c1-3-7-14-9-6-10-15(12-14)16-11-5-4-8-13(16)2/h13-16H,3-12H2,1-2H3. The van der Waals surface area contributed by atoms with Gasteiger partial charge in [0.05, 0.1) is 0 Å². The third-order valence-electron chi connectivity index (χ3n) is 5.30. The molecule has 0 spiro atoms. The van der Waals surface area contributed by atoms with Gasteiger partial charge in [0.25, 0.3) is 0 Å². The average molecular weight is 222 g/mol. The van der Waals surface area contributed by atoms with Crippen LogP contribution < -0.4 is 0 Å². The predicted octanol–water partition coefficient (Wildman–Crippen LogP) is 5.42. The summed E-state index contributed by atoms with van der Waals surface area (Å²) in [6.07, 6.45) is 15.2. The fraction of sp³-hybridized carbons (Fsp3) is 1.00. The van der Waals surface area contributed by atoms with Crippen molar-refractivity contribution in [1.29, 1.82) is 0 Å². The van der Waals surface area contributed by atoms with Crippen molar-refractivity contribution in [2.24, 2.45) is 23.7 Å². The summed E-state index contributed by atoms with van der Waals surface area (Å²) in [6.45, 7) is 4.88.